The summed E-state index contributed by atoms with van der Waals surface area (Å²) in [5.74, 6) is -5.59. The number of amides is 4. The zero-order valence-electron chi connectivity index (χ0n) is 22.8. The van der Waals surface area contributed by atoms with Gasteiger partial charge in [0.1, 0.15) is 24.2 Å². The van der Waals surface area contributed by atoms with E-state index in [-0.39, 0.29) is 37.4 Å². The quantitative estimate of drug-likeness (QED) is 0.352. The standard InChI is InChI=1S/C26H31F5N6O5/c1-3-14-12-42-36-21(14)23(39)35-20(16-5-4-7-25(27,28)10-16)22(38)34-19-9-15(6-8-32-19)17(13-41-2)37-11-18(26(29,30)31)33-24(37)40/h6,8-9,12,16-18,20H,3-5,7,10-11,13H2,1-2H3,(H,33,40)(H,35,39)(H,32,34,38)/t16-,17+,18-,20-/m0/s1. The summed E-state index contributed by atoms with van der Waals surface area (Å²) >= 11 is 0. The van der Waals surface area contributed by atoms with Crippen molar-refractivity contribution in [1.29, 1.82) is 0 Å². The minimum Gasteiger partial charge on any atom is -0.382 e. The van der Waals surface area contributed by atoms with Gasteiger partial charge in [-0.25, -0.2) is 18.6 Å². The largest absolute Gasteiger partial charge is 0.410 e. The molecular weight excluding hydrogens is 571 g/mol. The van der Waals surface area contributed by atoms with E-state index in [0.717, 1.165) is 4.90 Å². The molecule has 3 heterocycles. The van der Waals surface area contributed by atoms with Crippen LogP contribution in [0.3, 0.4) is 0 Å². The molecule has 1 saturated heterocycles. The number of carbonyl (C=O) groups is 3. The van der Waals surface area contributed by atoms with Gasteiger partial charge < -0.3 is 30.1 Å². The second kappa shape index (κ2) is 12.6. The Morgan fingerprint density at radius 3 is 2.74 bits per heavy atom. The van der Waals surface area contributed by atoms with Gasteiger partial charge in [-0.1, -0.05) is 12.1 Å². The average molecular weight is 603 g/mol. The maximum Gasteiger partial charge on any atom is 0.410 e. The van der Waals surface area contributed by atoms with E-state index in [2.05, 4.69) is 20.8 Å². The lowest BCUT2D eigenvalue weighted by Gasteiger charge is -2.34. The highest BCUT2D eigenvalue weighted by molar-refractivity contribution is 6.00. The Kier molecular flexibility index (Phi) is 9.33. The second-order valence-corrected chi connectivity index (χ2v) is 10.3. The zero-order chi connectivity index (χ0) is 30.7. The lowest BCUT2D eigenvalue weighted by molar-refractivity contribution is -0.150. The Hall–Kier alpha value is -3.82. The lowest BCUT2D eigenvalue weighted by Crippen LogP contribution is -2.51. The van der Waals surface area contributed by atoms with Gasteiger partial charge in [-0.2, -0.15) is 13.2 Å². The number of anilines is 1. The highest BCUT2D eigenvalue weighted by Crippen LogP contribution is 2.38. The van der Waals surface area contributed by atoms with Crippen LogP contribution in [-0.4, -0.2) is 77.3 Å². The molecular formula is C26H31F5N6O5. The molecule has 42 heavy (non-hydrogen) atoms. The van der Waals surface area contributed by atoms with E-state index in [9.17, 15) is 36.3 Å². The number of rotatable bonds is 10. The molecule has 1 aliphatic heterocycles. The van der Waals surface area contributed by atoms with Gasteiger partial charge in [-0.15, -0.1) is 0 Å². The van der Waals surface area contributed by atoms with Crippen molar-refractivity contribution in [2.75, 3.05) is 25.6 Å². The zero-order valence-corrected chi connectivity index (χ0v) is 22.8. The van der Waals surface area contributed by atoms with Crippen LogP contribution < -0.4 is 16.0 Å². The van der Waals surface area contributed by atoms with Crippen molar-refractivity contribution in [2.24, 2.45) is 5.92 Å². The van der Waals surface area contributed by atoms with E-state index in [1.165, 1.54) is 31.7 Å². The topological polar surface area (TPSA) is 139 Å². The van der Waals surface area contributed by atoms with Gasteiger partial charge in [-0.3, -0.25) is 9.59 Å². The first-order valence-corrected chi connectivity index (χ1v) is 13.3. The number of alkyl halides is 5. The predicted molar refractivity (Wildman–Crippen MR) is 137 cm³/mol. The Bertz CT molecular complexity index is 1290. The summed E-state index contributed by atoms with van der Waals surface area (Å²) < 4.78 is 78.4. The monoisotopic (exact) mass is 602 g/mol. The summed E-state index contributed by atoms with van der Waals surface area (Å²) in [5.41, 5.74) is 0.708. The number of urea groups is 1. The van der Waals surface area contributed by atoms with Crippen molar-refractivity contribution in [3.05, 3.63) is 41.4 Å². The Labute approximate surface area is 237 Å². The molecule has 3 N–H and O–H groups in total. The fourth-order valence-corrected chi connectivity index (χ4v) is 5.26. The van der Waals surface area contributed by atoms with Crippen molar-refractivity contribution in [3.8, 4) is 0 Å². The second-order valence-electron chi connectivity index (χ2n) is 10.3. The number of nitrogens with one attached hydrogen (secondary N) is 3. The van der Waals surface area contributed by atoms with Gasteiger partial charge in [0.2, 0.25) is 11.8 Å². The van der Waals surface area contributed by atoms with Crippen LogP contribution >= 0.6 is 0 Å². The van der Waals surface area contributed by atoms with Crippen molar-refractivity contribution >= 4 is 23.7 Å². The number of halogens is 5. The van der Waals surface area contributed by atoms with Crippen LogP contribution in [0.1, 0.15) is 60.3 Å². The third-order valence-corrected chi connectivity index (χ3v) is 7.41. The summed E-state index contributed by atoms with van der Waals surface area (Å²) in [5, 5.41) is 10.6. The molecule has 0 radical (unpaired) electrons. The van der Waals surface area contributed by atoms with E-state index < -0.39 is 67.0 Å². The van der Waals surface area contributed by atoms with Crippen LogP contribution in [0.5, 0.6) is 0 Å². The molecule has 2 aliphatic rings. The van der Waals surface area contributed by atoms with Crippen molar-refractivity contribution < 1.29 is 45.6 Å². The number of aryl methyl sites for hydroxylation is 1. The van der Waals surface area contributed by atoms with E-state index >= 15 is 0 Å². The van der Waals surface area contributed by atoms with Crippen molar-refractivity contribution in [3.63, 3.8) is 0 Å². The molecule has 0 spiro atoms. The van der Waals surface area contributed by atoms with Gasteiger partial charge in [0.15, 0.2) is 5.69 Å². The molecule has 2 fully saturated rings. The summed E-state index contributed by atoms with van der Waals surface area (Å²) in [4.78, 5) is 43.9. The summed E-state index contributed by atoms with van der Waals surface area (Å²) in [6, 6.07) is -2.57. The first-order valence-electron chi connectivity index (χ1n) is 13.3. The first kappa shape index (κ1) is 31.1. The predicted octanol–water partition coefficient (Wildman–Crippen LogP) is 3.84. The van der Waals surface area contributed by atoms with E-state index in [1.54, 1.807) is 6.92 Å². The SMILES string of the molecule is CCc1conc1C(=O)N[C@H](C(=O)Nc1cc([C@@H](COC)N2C[C@@H](C(F)(F)F)NC2=O)ccn1)[C@H]1CCCC(F)(F)C1. The van der Waals surface area contributed by atoms with Crippen LogP contribution in [0, 0.1) is 5.92 Å². The van der Waals surface area contributed by atoms with Crippen molar-refractivity contribution in [2.45, 2.75) is 69.3 Å². The van der Waals surface area contributed by atoms with Crippen LogP contribution in [0.2, 0.25) is 0 Å². The van der Waals surface area contributed by atoms with Gasteiger partial charge in [0.25, 0.3) is 5.91 Å². The molecule has 0 bridgehead atoms. The molecule has 4 rings (SSSR count). The third kappa shape index (κ3) is 7.14. The van der Waals surface area contributed by atoms with Crippen LogP contribution in [-0.2, 0) is 16.0 Å². The molecule has 4 atom stereocenters. The molecule has 4 amide bonds. The van der Waals surface area contributed by atoms with Gasteiger partial charge in [0, 0.05) is 31.7 Å². The number of hydrogen-bond acceptors (Lipinski definition) is 7. The van der Waals surface area contributed by atoms with Crippen LogP contribution in [0.4, 0.5) is 32.6 Å². The number of methoxy groups -OCH3 is 1. The number of ether oxygens (including phenoxy) is 1. The highest BCUT2D eigenvalue weighted by Gasteiger charge is 2.48. The summed E-state index contributed by atoms with van der Waals surface area (Å²) in [6.07, 6.45) is -2.26. The number of hydrogen-bond donors (Lipinski definition) is 3. The lowest BCUT2D eigenvalue weighted by atomic mass is 9.81. The molecule has 11 nitrogen and oxygen atoms in total. The first-order chi connectivity index (χ1) is 19.8. The van der Waals surface area contributed by atoms with Gasteiger partial charge in [-0.05, 0) is 42.9 Å². The molecule has 1 aliphatic carbocycles. The van der Waals surface area contributed by atoms with Crippen LogP contribution in [0.15, 0.2) is 29.1 Å². The molecule has 0 unspecified atom stereocenters. The Morgan fingerprint density at radius 1 is 1.33 bits per heavy atom. The normalized spacial score (nSPS) is 21.9. The van der Waals surface area contributed by atoms with Gasteiger partial charge in [0.05, 0.1) is 19.2 Å². The molecule has 230 valence electrons. The molecule has 2 aromatic rings. The van der Waals surface area contributed by atoms with E-state index in [4.69, 9.17) is 9.26 Å². The number of aromatic nitrogens is 2. The van der Waals surface area contributed by atoms with Crippen LogP contribution in [0.25, 0.3) is 0 Å². The maximum atomic E-state index is 14.3. The molecule has 2 aromatic heterocycles. The molecule has 0 aromatic carbocycles. The maximum absolute atomic E-state index is 14.3. The Balaban J connectivity index is 1.56. The minimum atomic E-state index is -4.65. The number of nitrogens with zero attached hydrogens (tertiary/aromatic N) is 3. The van der Waals surface area contributed by atoms with E-state index in [1.807, 2.05) is 5.32 Å². The fourth-order valence-electron chi connectivity index (χ4n) is 5.26. The Morgan fingerprint density at radius 2 is 2.10 bits per heavy atom. The number of pyridine rings is 1. The minimum absolute atomic E-state index is 0.0666. The van der Waals surface area contributed by atoms with Crippen molar-refractivity contribution in [1.82, 2.24) is 25.7 Å². The van der Waals surface area contributed by atoms with Gasteiger partial charge >= 0.3 is 12.2 Å². The summed E-state index contributed by atoms with van der Waals surface area (Å²) in [7, 11) is 1.32. The fraction of sp³-hybridized carbons (Fsp3) is 0.577. The molecule has 16 heteroatoms. The number of carbonyl (C=O) groups excluding carboxylic acids is 3. The average Bonchev–Trinajstić information content (AvgIpc) is 3.56. The molecule has 1 saturated carbocycles. The summed E-state index contributed by atoms with van der Waals surface area (Å²) in [6.45, 7) is 0.939. The highest BCUT2D eigenvalue weighted by atomic mass is 19.4. The third-order valence-electron chi connectivity index (χ3n) is 7.41. The smallest absolute Gasteiger partial charge is 0.382 e. The van der Waals surface area contributed by atoms with E-state index in [0.29, 0.717) is 17.5 Å².